The third-order valence-electron chi connectivity index (χ3n) is 5.88. The first-order valence-corrected chi connectivity index (χ1v) is 10.4. The molecule has 0 bridgehead atoms. The second-order valence-corrected chi connectivity index (χ2v) is 7.74. The Balaban J connectivity index is 0.00000126. The molecule has 3 rings (SSSR count). The van der Waals surface area contributed by atoms with E-state index in [1.165, 1.54) is 0 Å². The summed E-state index contributed by atoms with van der Waals surface area (Å²) in [4.78, 5) is 0. The number of rotatable bonds is 4. The monoisotopic (exact) mass is 380 g/mol. The van der Waals surface area contributed by atoms with E-state index in [0.717, 1.165) is 38.5 Å². The van der Waals surface area contributed by atoms with E-state index in [9.17, 15) is 13.9 Å². The van der Waals surface area contributed by atoms with Crippen molar-refractivity contribution in [2.45, 2.75) is 77.7 Å². The van der Waals surface area contributed by atoms with Gasteiger partial charge in [0.2, 0.25) is 5.82 Å². The standard InChI is InChI=1S/C21H28F2O2.C2H6/c1-3-25-18-9-8-17(19(22)20(18)23)16-6-4-14(5-7-16)15-10-12-21(2,24)13-11-15;1-2/h8-10,12,14-16,24H,3-7,11,13H2,1-2H3;1-2H3. The van der Waals surface area contributed by atoms with Crippen molar-refractivity contribution in [3.05, 3.63) is 41.5 Å². The summed E-state index contributed by atoms with van der Waals surface area (Å²) in [5, 5.41) is 10.0. The number of halogens is 2. The molecule has 27 heavy (non-hydrogen) atoms. The lowest BCUT2D eigenvalue weighted by Crippen LogP contribution is -2.29. The molecule has 1 aromatic rings. The van der Waals surface area contributed by atoms with Crippen LogP contribution in [0.2, 0.25) is 0 Å². The molecule has 2 aliphatic rings. The van der Waals surface area contributed by atoms with E-state index in [0.29, 0.717) is 24.0 Å². The predicted octanol–water partition coefficient (Wildman–Crippen LogP) is 6.38. The summed E-state index contributed by atoms with van der Waals surface area (Å²) in [6, 6.07) is 3.24. The molecular formula is C23H34F2O2. The SMILES string of the molecule is CC.CCOc1ccc(C2CCC(C3C=CC(C)(O)CC3)CC2)c(F)c1F. The summed E-state index contributed by atoms with van der Waals surface area (Å²) in [7, 11) is 0. The van der Waals surface area contributed by atoms with E-state index < -0.39 is 17.2 Å². The van der Waals surface area contributed by atoms with Gasteiger partial charge in [0.05, 0.1) is 12.2 Å². The number of hydrogen-bond acceptors (Lipinski definition) is 2. The molecule has 1 saturated carbocycles. The summed E-state index contributed by atoms with van der Waals surface area (Å²) in [5.41, 5.74) is -0.182. The minimum absolute atomic E-state index is 0.00293. The Hall–Kier alpha value is -1.42. The van der Waals surface area contributed by atoms with E-state index in [2.05, 4.69) is 6.08 Å². The quantitative estimate of drug-likeness (QED) is 0.614. The summed E-state index contributed by atoms with van der Waals surface area (Å²) >= 11 is 0. The van der Waals surface area contributed by atoms with Crippen molar-refractivity contribution in [3.8, 4) is 5.75 Å². The molecule has 2 atom stereocenters. The Morgan fingerprint density at radius 2 is 1.74 bits per heavy atom. The van der Waals surface area contributed by atoms with Crippen LogP contribution >= 0.6 is 0 Å². The van der Waals surface area contributed by atoms with Gasteiger partial charge in [-0.1, -0.05) is 32.1 Å². The van der Waals surface area contributed by atoms with Gasteiger partial charge in [0.25, 0.3) is 0 Å². The van der Waals surface area contributed by atoms with Gasteiger partial charge < -0.3 is 9.84 Å². The van der Waals surface area contributed by atoms with Gasteiger partial charge in [-0.15, -0.1) is 0 Å². The van der Waals surface area contributed by atoms with Crippen molar-refractivity contribution in [2.24, 2.45) is 11.8 Å². The zero-order valence-electron chi connectivity index (χ0n) is 17.1. The van der Waals surface area contributed by atoms with Crippen molar-refractivity contribution in [2.75, 3.05) is 6.61 Å². The molecule has 1 fully saturated rings. The molecule has 1 N–H and O–H groups in total. The average Bonchev–Trinajstić information content (AvgIpc) is 2.68. The first kappa shape index (κ1) is 21.9. The Kier molecular flexibility index (Phi) is 7.84. The van der Waals surface area contributed by atoms with Crippen molar-refractivity contribution < 1.29 is 18.6 Å². The third-order valence-corrected chi connectivity index (χ3v) is 5.88. The lowest BCUT2D eigenvalue weighted by molar-refractivity contribution is 0.0795. The number of benzene rings is 1. The first-order chi connectivity index (χ1) is 12.9. The van der Waals surface area contributed by atoms with Gasteiger partial charge in [-0.3, -0.25) is 0 Å². The van der Waals surface area contributed by atoms with Gasteiger partial charge >= 0.3 is 0 Å². The second kappa shape index (κ2) is 9.68. The molecule has 0 amide bonds. The highest BCUT2D eigenvalue weighted by Crippen LogP contribution is 2.43. The topological polar surface area (TPSA) is 29.5 Å². The molecule has 152 valence electrons. The Morgan fingerprint density at radius 3 is 2.30 bits per heavy atom. The molecule has 2 nitrogen and oxygen atoms in total. The fourth-order valence-corrected chi connectivity index (χ4v) is 4.35. The number of aliphatic hydroxyl groups is 1. The number of ether oxygens (including phenoxy) is 1. The lowest BCUT2D eigenvalue weighted by atomic mass is 9.70. The van der Waals surface area contributed by atoms with Crippen molar-refractivity contribution in [3.63, 3.8) is 0 Å². The zero-order chi connectivity index (χ0) is 20.0. The maximum Gasteiger partial charge on any atom is 0.200 e. The predicted molar refractivity (Wildman–Crippen MR) is 106 cm³/mol. The van der Waals surface area contributed by atoms with Crippen LogP contribution in [0.1, 0.15) is 77.7 Å². The molecule has 0 aliphatic heterocycles. The molecular weight excluding hydrogens is 346 g/mol. The Bertz CT molecular complexity index is 632. The molecule has 0 aromatic heterocycles. The van der Waals surface area contributed by atoms with Crippen LogP contribution in [0.3, 0.4) is 0 Å². The molecule has 2 unspecified atom stereocenters. The van der Waals surface area contributed by atoms with E-state index in [4.69, 9.17) is 4.74 Å². The molecule has 0 spiro atoms. The maximum absolute atomic E-state index is 14.4. The molecule has 4 heteroatoms. The van der Waals surface area contributed by atoms with Gasteiger partial charge in [-0.25, -0.2) is 4.39 Å². The van der Waals surface area contributed by atoms with Crippen LogP contribution < -0.4 is 4.74 Å². The molecule has 0 heterocycles. The average molecular weight is 381 g/mol. The Morgan fingerprint density at radius 1 is 1.07 bits per heavy atom. The van der Waals surface area contributed by atoms with E-state index in [-0.39, 0.29) is 11.7 Å². The van der Waals surface area contributed by atoms with Gasteiger partial charge in [0, 0.05) is 0 Å². The van der Waals surface area contributed by atoms with E-state index in [1.807, 2.05) is 26.8 Å². The molecule has 0 radical (unpaired) electrons. The van der Waals surface area contributed by atoms with Crippen molar-refractivity contribution in [1.29, 1.82) is 0 Å². The maximum atomic E-state index is 14.4. The molecule has 2 aliphatic carbocycles. The minimum atomic E-state index is -0.862. The largest absolute Gasteiger partial charge is 0.491 e. The Labute approximate surface area is 162 Å². The fourth-order valence-electron chi connectivity index (χ4n) is 4.35. The van der Waals surface area contributed by atoms with Crippen LogP contribution in [-0.2, 0) is 0 Å². The highest BCUT2D eigenvalue weighted by Gasteiger charge is 2.32. The summed E-state index contributed by atoms with van der Waals surface area (Å²) < 4.78 is 33.7. The number of allylic oxidation sites excluding steroid dienone is 1. The van der Waals surface area contributed by atoms with Gasteiger partial charge in [-0.2, -0.15) is 4.39 Å². The lowest BCUT2D eigenvalue weighted by Gasteiger charge is -2.36. The van der Waals surface area contributed by atoms with E-state index in [1.54, 1.807) is 19.1 Å². The summed E-state index contributed by atoms with van der Waals surface area (Å²) in [6.07, 6.45) is 9.70. The van der Waals surface area contributed by atoms with Crippen LogP contribution in [0.4, 0.5) is 8.78 Å². The van der Waals surface area contributed by atoms with Crippen molar-refractivity contribution in [1.82, 2.24) is 0 Å². The van der Waals surface area contributed by atoms with Crippen LogP contribution in [0.5, 0.6) is 5.75 Å². The first-order valence-electron chi connectivity index (χ1n) is 10.4. The molecule has 1 aromatic carbocycles. The smallest absolute Gasteiger partial charge is 0.200 e. The summed E-state index contributed by atoms with van der Waals surface area (Å²) in [6.45, 7) is 7.92. The van der Waals surface area contributed by atoms with Gasteiger partial charge in [0.15, 0.2) is 11.6 Å². The minimum Gasteiger partial charge on any atom is -0.491 e. The fraction of sp³-hybridized carbons (Fsp3) is 0.652. The third kappa shape index (κ3) is 5.31. The van der Waals surface area contributed by atoms with Gasteiger partial charge in [-0.05, 0) is 81.8 Å². The zero-order valence-corrected chi connectivity index (χ0v) is 17.1. The highest BCUT2D eigenvalue weighted by molar-refractivity contribution is 5.33. The van der Waals surface area contributed by atoms with E-state index >= 15 is 0 Å². The summed E-state index contributed by atoms with van der Waals surface area (Å²) in [5.74, 6) is -0.446. The van der Waals surface area contributed by atoms with Crippen LogP contribution in [-0.4, -0.2) is 17.3 Å². The second-order valence-electron chi connectivity index (χ2n) is 7.74. The normalized spacial score (nSPS) is 30.4. The van der Waals surface area contributed by atoms with Crippen LogP contribution in [0, 0.1) is 23.5 Å². The van der Waals surface area contributed by atoms with Crippen LogP contribution in [0.15, 0.2) is 24.3 Å². The van der Waals surface area contributed by atoms with Crippen LogP contribution in [0.25, 0.3) is 0 Å². The molecule has 0 saturated heterocycles. The van der Waals surface area contributed by atoms with Crippen molar-refractivity contribution >= 4 is 0 Å². The number of hydrogen-bond donors (Lipinski definition) is 1. The van der Waals surface area contributed by atoms with Gasteiger partial charge in [0.1, 0.15) is 0 Å². The highest BCUT2D eigenvalue weighted by atomic mass is 19.2.